The molecule has 0 radical (unpaired) electrons. The topological polar surface area (TPSA) is 79.6 Å². The van der Waals surface area contributed by atoms with Crippen LogP contribution in [0.5, 0.6) is 5.75 Å². The molecular weight excluding hydrogens is 296 g/mol. The summed E-state index contributed by atoms with van der Waals surface area (Å²) in [5.41, 5.74) is 0.348. The van der Waals surface area contributed by atoms with E-state index in [0.29, 0.717) is 17.9 Å². The molecule has 1 aromatic carbocycles. The maximum atomic E-state index is 12.0. The minimum absolute atomic E-state index is 0.0504. The second-order valence-electron chi connectivity index (χ2n) is 5.41. The summed E-state index contributed by atoms with van der Waals surface area (Å²) in [4.78, 5) is 25.4. The van der Waals surface area contributed by atoms with E-state index in [9.17, 15) is 9.59 Å². The van der Waals surface area contributed by atoms with E-state index in [-0.39, 0.29) is 18.4 Å². The molecule has 0 unspecified atom stereocenters. The molecule has 0 aliphatic heterocycles. The average Bonchev–Trinajstić information content (AvgIpc) is 2.51. The summed E-state index contributed by atoms with van der Waals surface area (Å²) >= 11 is 0. The number of carbonyl (C=O) groups excluding carboxylic acids is 2. The number of benzene rings is 1. The van der Waals surface area contributed by atoms with Crippen LogP contribution in [0.25, 0.3) is 0 Å². The predicted molar refractivity (Wildman–Crippen MR) is 85.0 cm³/mol. The van der Waals surface area contributed by atoms with Crippen molar-refractivity contribution >= 4 is 11.9 Å². The van der Waals surface area contributed by atoms with Crippen molar-refractivity contribution in [3.8, 4) is 11.8 Å². The van der Waals surface area contributed by atoms with Gasteiger partial charge in [-0.2, -0.15) is 5.26 Å². The SMILES string of the molecule is CC(C)Oc1ccc(C(=O)O[C@H](C)C(=O)N(C)CCC#N)cc1. The maximum absolute atomic E-state index is 12.0. The van der Waals surface area contributed by atoms with Gasteiger partial charge in [0.2, 0.25) is 0 Å². The van der Waals surface area contributed by atoms with Crippen molar-refractivity contribution in [2.75, 3.05) is 13.6 Å². The summed E-state index contributed by atoms with van der Waals surface area (Å²) in [6.45, 7) is 5.65. The van der Waals surface area contributed by atoms with Gasteiger partial charge in [-0.25, -0.2) is 4.79 Å². The third kappa shape index (κ3) is 5.99. The lowest BCUT2D eigenvalue weighted by Gasteiger charge is -2.20. The first-order valence-electron chi connectivity index (χ1n) is 7.44. The number of likely N-dealkylation sites (N-methyl/N-ethyl adjacent to an activating group) is 1. The van der Waals surface area contributed by atoms with Crippen molar-refractivity contribution in [3.05, 3.63) is 29.8 Å². The van der Waals surface area contributed by atoms with Gasteiger partial charge < -0.3 is 14.4 Å². The maximum Gasteiger partial charge on any atom is 0.338 e. The molecule has 23 heavy (non-hydrogen) atoms. The Morgan fingerprint density at radius 3 is 2.35 bits per heavy atom. The normalized spacial score (nSPS) is 11.5. The van der Waals surface area contributed by atoms with Crippen LogP contribution in [0.3, 0.4) is 0 Å². The van der Waals surface area contributed by atoms with Crippen LogP contribution in [0.1, 0.15) is 37.6 Å². The van der Waals surface area contributed by atoms with Gasteiger partial charge in [-0.15, -0.1) is 0 Å². The molecule has 6 heteroatoms. The van der Waals surface area contributed by atoms with Gasteiger partial charge in [0.05, 0.1) is 24.2 Å². The largest absolute Gasteiger partial charge is 0.491 e. The van der Waals surface area contributed by atoms with Gasteiger partial charge in [-0.3, -0.25) is 4.79 Å². The summed E-state index contributed by atoms with van der Waals surface area (Å²) in [7, 11) is 1.57. The van der Waals surface area contributed by atoms with Gasteiger partial charge in [0.25, 0.3) is 5.91 Å². The number of rotatable bonds is 7. The number of hydrogen-bond acceptors (Lipinski definition) is 5. The van der Waals surface area contributed by atoms with E-state index in [0.717, 1.165) is 0 Å². The van der Waals surface area contributed by atoms with Gasteiger partial charge in [0, 0.05) is 13.6 Å². The molecule has 1 amide bonds. The molecule has 0 saturated heterocycles. The van der Waals surface area contributed by atoms with Crippen LogP contribution in [0.4, 0.5) is 0 Å². The Kier molecular flexibility index (Phi) is 7.07. The zero-order chi connectivity index (χ0) is 17.4. The van der Waals surface area contributed by atoms with Crippen molar-refractivity contribution in [3.63, 3.8) is 0 Å². The molecule has 0 bridgehead atoms. The molecule has 1 aromatic rings. The number of carbonyl (C=O) groups is 2. The van der Waals surface area contributed by atoms with Crippen LogP contribution in [-0.2, 0) is 9.53 Å². The van der Waals surface area contributed by atoms with E-state index in [2.05, 4.69) is 0 Å². The highest BCUT2D eigenvalue weighted by Crippen LogP contribution is 2.15. The number of nitrogens with zero attached hydrogens (tertiary/aromatic N) is 2. The molecule has 0 aliphatic carbocycles. The number of nitriles is 1. The Labute approximate surface area is 136 Å². The summed E-state index contributed by atoms with van der Waals surface area (Å²) in [5.74, 6) is -0.249. The molecule has 6 nitrogen and oxygen atoms in total. The second kappa shape index (κ2) is 8.79. The lowest BCUT2D eigenvalue weighted by molar-refractivity contribution is -0.138. The van der Waals surface area contributed by atoms with Crippen LogP contribution < -0.4 is 4.74 Å². The van der Waals surface area contributed by atoms with Crippen molar-refractivity contribution < 1.29 is 19.1 Å². The molecule has 0 N–H and O–H groups in total. The highest BCUT2D eigenvalue weighted by Gasteiger charge is 2.22. The van der Waals surface area contributed by atoms with Crippen LogP contribution in [0, 0.1) is 11.3 Å². The quantitative estimate of drug-likeness (QED) is 0.721. The van der Waals surface area contributed by atoms with Gasteiger partial charge >= 0.3 is 5.97 Å². The van der Waals surface area contributed by atoms with E-state index in [1.807, 2.05) is 19.9 Å². The lowest BCUT2D eigenvalue weighted by atomic mass is 10.2. The van der Waals surface area contributed by atoms with E-state index >= 15 is 0 Å². The molecule has 124 valence electrons. The van der Waals surface area contributed by atoms with Gasteiger partial charge in [0.1, 0.15) is 5.75 Å². The zero-order valence-corrected chi connectivity index (χ0v) is 13.9. The Balaban J connectivity index is 2.61. The molecule has 0 fully saturated rings. The molecule has 0 aliphatic rings. The second-order valence-corrected chi connectivity index (χ2v) is 5.41. The summed E-state index contributed by atoms with van der Waals surface area (Å²) < 4.78 is 10.7. The third-order valence-corrected chi connectivity index (χ3v) is 3.03. The summed E-state index contributed by atoms with van der Waals surface area (Å²) in [6, 6.07) is 8.52. The molecule has 0 spiro atoms. The van der Waals surface area contributed by atoms with E-state index < -0.39 is 12.1 Å². The zero-order valence-electron chi connectivity index (χ0n) is 13.9. The molecule has 0 aromatic heterocycles. The minimum Gasteiger partial charge on any atom is -0.491 e. The van der Waals surface area contributed by atoms with Crippen molar-refractivity contribution in [1.82, 2.24) is 4.90 Å². The monoisotopic (exact) mass is 318 g/mol. The van der Waals surface area contributed by atoms with Crippen LogP contribution >= 0.6 is 0 Å². The molecule has 1 atom stereocenters. The standard InChI is InChI=1S/C17H22N2O4/c1-12(2)22-15-8-6-14(7-9-15)17(21)23-13(3)16(20)19(4)11-5-10-18/h6-9,12-13H,5,11H2,1-4H3/t13-/m1/s1. The Morgan fingerprint density at radius 2 is 1.83 bits per heavy atom. The van der Waals surface area contributed by atoms with Crippen LogP contribution in [0.2, 0.25) is 0 Å². The minimum atomic E-state index is -0.905. The van der Waals surface area contributed by atoms with Gasteiger partial charge in [0.15, 0.2) is 6.10 Å². The first kappa shape index (κ1) is 18.5. The first-order chi connectivity index (χ1) is 10.8. The highest BCUT2D eigenvalue weighted by molar-refractivity contribution is 5.92. The van der Waals surface area contributed by atoms with Gasteiger partial charge in [-0.1, -0.05) is 0 Å². The fraction of sp³-hybridized carbons (Fsp3) is 0.471. The lowest BCUT2D eigenvalue weighted by Crippen LogP contribution is -2.37. The molecular formula is C17H22N2O4. The molecule has 1 rings (SSSR count). The molecule has 0 heterocycles. The van der Waals surface area contributed by atoms with Gasteiger partial charge in [-0.05, 0) is 45.0 Å². The van der Waals surface area contributed by atoms with E-state index in [1.165, 1.54) is 11.8 Å². The predicted octanol–water partition coefficient (Wildman–Crippen LogP) is 2.39. The molecule has 0 saturated carbocycles. The third-order valence-electron chi connectivity index (χ3n) is 3.03. The Hall–Kier alpha value is -2.55. The fourth-order valence-electron chi connectivity index (χ4n) is 1.86. The van der Waals surface area contributed by atoms with Crippen molar-refractivity contribution in [2.24, 2.45) is 0 Å². The van der Waals surface area contributed by atoms with Crippen LogP contribution in [0.15, 0.2) is 24.3 Å². The average molecular weight is 318 g/mol. The van der Waals surface area contributed by atoms with Crippen molar-refractivity contribution in [2.45, 2.75) is 39.4 Å². The fourth-order valence-corrected chi connectivity index (χ4v) is 1.86. The van der Waals surface area contributed by atoms with Crippen LogP contribution in [-0.4, -0.2) is 42.6 Å². The Morgan fingerprint density at radius 1 is 1.22 bits per heavy atom. The smallest absolute Gasteiger partial charge is 0.338 e. The number of esters is 1. The first-order valence-corrected chi connectivity index (χ1v) is 7.44. The summed E-state index contributed by atoms with van der Waals surface area (Å²) in [5, 5.41) is 8.52. The van der Waals surface area contributed by atoms with E-state index in [1.54, 1.807) is 31.3 Å². The van der Waals surface area contributed by atoms with Crippen molar-refractivity contribution in [1.29, 1.82) is 5.26 Å². The number of amides is 1. The van der Waals surface area contributed by atoms with E-state index in [4.69, 9.17) is 14.7 Å². The summed E-state index contributed by atoms with van der Waals surface area (Å²) in [6.07, 6.45) is -0.618. The number of hydrogen-bond donors (Lipinski definition) is 0. The number of ether oxygens (including phenoxy) is 2. The highest BCUT2D eigenvalue weighted by atomic mass is 16.5. The Bertz CT molecular complexity index is 575.